The summed E-state index contributed by atoms with van der Waals surface area (Å²) in [4.78, 5) is 4.88. The van der Waals surface area contributed by atoms with Crippen molar-refractivity contribution in [2.75, 3.05) is 0 Å². The molecule has 1 aromatic carbocycles. The van der Waals surface area contributed by atoms with E-state index in [1.165, 1.54) is 0 Å². The van der Waals surface area contributed by atoms with Gasteiger partial charge in [0.2, 0.25) is 0 Å². The number of rotatable bonds is 3. The van der Waals surface area contributed by atoms with Gasteiger partial charge in [-0.2, -0.15) is 0 Å². The maximum Gasteiger partial charge on any atom is 0.187 e. The van der Waals surface area contributed by atoms with Crippen LogP contribution in [0.3, 0.4) is 0 Å². The number of aromatic nitrogens is 4. The Bertz CT molecular complexity index is 1100. The molecular formula is C21H21N5O. The molecule has 6 nitrogen and oxygen atoms in total. The molecule has 1 aliphatic carbocycles. The predicted molar refractivity (Wildman–Crippen MR) is 105 cm³/mol. The molecule has 0 aliphatic heterocycles. The maximum atomic E-state index is 6.32. The van der Waals surface area contributed by atoms with Crippen LogP contribution in [-0.4, -0.2) is 31.7 Å². The summed E-state index contributed by atoms with van der Waals surface area (Å²) in [5, 5.41) is 9.60. The second kappa shape index (κ2) is 6.63. The normalized spacial score (nSPS) is 20.2. The third-order valence-electron chi connectivity index (χ3n) is 5.24. The van der Waals surface area contributed by atoms with Crippen molar-refractivity contribution in [3.8, 4) is 17.3 Å². The van der Waals surface area contributed by atoms with E-state index < -0.39 is 0 Å². The van der Waals surface area contributed by atoms with Crippen LogP contribution in [0.25, 0.3) is 28.1 Å². The lowest BCUT2D eigenvalue weighted by Gasteiger charge is -2.27. The molecule has 3 heterocycles. The third-order valence-corrected chi connectivity index (χ3v) is 5.24. The van der Waals surface area contributed by atoms with Gasteiger partial charge in [-0.1, -0.05) is 24.3 Å². The summed E-state index contributed by atoms with van der Waals surface area (Å²) in [6.07, 6.45) is 6.16. The zero-order chi connectivity index (χ0) is 18.2. The number of ether oxygens (including phenoxy) is 1. The van der Waals surface area contributed by atoms with Gasteiger partial charge in [0.15, 0.2) is 11.5 Å². The lowest BCUT2D eigenvalue weighted by molar-refractivity contribution is 0.149. The van der Waals surface area contributed by atoms with Crippen LogP contribution >= 0.6 is 0 Å². The van der Waals surface area contributed by atoms with Crippen molar-refractivity contribution in [2.24, 2.45) is 5.73 Å². The van der Waals surface area contributed by atoms with Gasteiger partial charge < -0.3 is 10.5 Å². The first-order valence-corrected chi connectivity index (χ1v) is 9.40. The minimum Gasteiger partial charge on any atom is -0.488 e. The van der Waals surface area contributed by atoms with Crippen molar-refractivity contribution in [1.82, 2.24) is 19.6 Å². The minimum atomic E-state index is 0.203. The van der Waals surface area contributed by atoms with E-state index in [2.05, 4.69) is 22.3 Å². The maximum absolute atomic E-state index is 6.32. The molecule has 6 heteroatoms. The van der Waals surface area contributed by atoms with Crippen LogP contribution in [-0.2, 0) is 0 Å². The van der Waals surface area contributed by atoms with Crippen molar-refractivity contribution in [2.45, 2.75) is 37.8 Å². The summed E-state index contributed by atoms with van der Waals surface area (Å²) in [6.45, 7) is 0. The van der Waals surface area contributed by atoms with E-state index in [0.717, 1.165) is 59.5 Å². The monoisotopic (exact) mass is 359 g/mol. The summed E-state index contributed by atoms with van der Waals surface area (Å²) in [7, 11) is 0. The molecule has 4 aromatic rings. The van der Waals surface area contributed by atoms with E-state index >= 15 is 0 Å². The van der Waals surface area contributed by atoms with Crippen LogP contribution in [0.4, 0.5) is 0 Å². The van der Waals surface area contributed by atoms with Crippen molar-refractivity contribution >= 4 is 16.6 Å². The Morgan fingerprint density at radius 1 is 0.926 bits per heavy atom. The second-order valence-electron chi connectivity index (χ2n) is 7.13. The molecule has 0 atom stereocenters. The average molecular weight is 359 g/mol. The van der Waals surface area contributed by atoms with Gasteiger partial charge in [0, 0.05) is 17.6 Å². The Kier molecular flexibility index (Phi) is 3.98. The molecule has 3 aromatic heterocycles. The topological polar surface area (TPSA) is 78.3 Å². The fourth-order valence-electron chi connectivity index (χ4n) is 3.74. The van der Waals surface area contributed by atoms with Gasteiger partial charge in [-0.15, -0.1) is 10.2 Å². The van der Waals surface area contributed by atoms with E-state index in [1.807, 2.05) is 47.0 Å². The fourth-order valence-corrected chi connectivity index (χ4v) is 3.74. The summed E-state index contributed by atoms with van der Waals surface area (Å²) in [5.74, 6) is 1.55. The molecule has 1 aliphatic rings. The third kappa shape index (κ3) is 3.02. The molecule has 1 fully saturated rings. The van der Waals surface area contributed by atoms with Crippen LogP contribution in [0.15, 0.2) is 54.7 Å². The first-order valence-electron chi connectivity index (χ1n) is 9.40. The Labute approximate surface area is 157 Å². The molecule has 2 N–H and O–H groups in total. The zero-order valence-corrected chi connectivity index (χ0v) is 15.0. The van der Waals surface area contributed by atoms with Gasteiger partial charge in [-0.25, -0.2) is 4.98 Å². The average Bonchev–Trinajstić information content (AvgIpc) is 3.14. The van der Waals surface area contributed by atoms with Gasteiger partial charge in [-0.05, 0) is 49.9 Å². The first kappa shape index (κ1) is 16.2. The van der Waals surface area contributed by atoms with Gasteiger partial charge in [0.25, 0.3) is 0 Å². The second-order valence-corrected chi connectivity index (χ2v) is 7.13. The highest BCUT2D eigenvalue weighted by molar-refractivity contribution is 5.86. The standard InChI is InChI=1S/C21H21N5O/c22-15-8-10-16(11-9-15)27-18-5-3-4-14-7-12-17(23-20(14)18)21-25-24-19-6-1-2-13-26(19)21/h1-7,12-13,15-16H,8-11,22H2/t15-,16+. The van der Waals surface area contributed by atoms with Gasteiger partial charge >= 0.3 is 0 Å². The van der Waals surface area contributed by atoms with Crippen molar-refractivity contribution in [3.63, 3.8) is 0 Å². The van der Waals surface area contributed by atoms with Crippen LogP contribution in [0.1, 0.15) is 25.7 Å². The van der Waals surface area contributed by atoms with Gasteiger partial charge in [0.05, 0.1) is 6.10 Å². The van der Waals surface area contributed by atoms with Crippen molar-refractivity contribution in [1.29, 1.82) is 0 Å². The van der Waals surface area contributed by atoms with E-state index in [0.29, 0.717) is 6.04 Å². The summed E-state index contributed by atoms with van der Waals surface area (Å²) in [5.41, 5.74) is 8.46. The Morgan fingerprint density at radius 2 is 1.81 bits per heavy atom. The quantitative estimate of drug-likeness (QED) is 0.605. The number of fused-ring (bicyclic) bond motifs is 2. The molecule has 27 heavy (non-hydrogen) atoms. The molecule has 0 saturated heterocycles. The molecule has 0 bridgehead atoms. The van der Waals surface area contributed by atoms with Crippen LogP contribution in [0.5, 0.6) is 5.75 Å². The van der Waals surface area contributed by atoms with Gasteiger partial charge in [0.1, 0.15) is 17.0 Å². The number of nitrogens with zero attached hydrogens (tertiary/aromatic N) is 4. The summed E-state index contributed by atoms with van der Waals surface area (Å²) >= 11 is 0. The molecule has 0 spiro atoms. The highest BCUT2D eigenvalue weighted by Gasteiger charge is 2.21. The van der Waals surface area contributed by atoms with Gasteiger partial charge in [-0.3, -0.25) is 4.40 Å². The number of benzene rings is 1. The Hall–Kier alpha value is -2.99. The van der Waals surface area contributed by atoms with Crippen LogP contribution in [0.2, 0.25) is 0 Å². The lowest BCUT2D eigenvalue weighted by atomic mass is 9.94. The molecular weight excluding hydrogens is 338 g/mol. The van der Waals surface area contributed by atoms with E-state index in [4.69, 9.17) is 15.5 Å². The number of pyridine rings is 2. The number of para-hydroxylation sites is 1. The Balaban J connectivity index is 1.54. The molecule has 5 rings (SSSR count). The van der Waals surface area contributed by atoms with E-state index in [9.17, 15) is 0 Å². The molecule has 0 amide bonds. The number of hydrogen-bond donors (Lipinski definition) is 1. The molecule has 1 saturated carbocycles. The van der Waals surface area contributed by atoms with Crippen LogP contribution < -0.4 is 10.5 Å². The smallest absolute Gasteiger partial charge is 0.187 e. The minimum absolute atomic E-state index is 0.203. The fraction of sp³-hybridized carbons (Fsp3) is 0.286. The molecule has 0 radical (unpaired) electrons. The van der Waals surface area contributed by atoms with Crippen molar-refractivity contribution in [3.05, 3.63) is 54.7 Å². The van der Waals surface area contributed by atoms with Crippen LogP contribution in [0, 0.1) is 0 Å². The highest BCUT2D eigenvalue weighted by Crippen LogP contribution is 2.30. The SMILES string of the molecule is N[C@H]1CC[C@@H](Oc2cccc3ccc(-c4nnc5ccccn45)nc23)CC1. The lowest BCUT2D eigenvalue weighted by Crippen LogP contribution is -2.31. The molecule has 136 valence electrons. The van der Waals surface area contributed by atoms with E-state index in [-0.39, 0.29) is 6.10 Å². The van der Waals surface area contributed by atoms with E-state index in [1.54, 1.807) is 0 Å². The molecule has 0 unspecified atom stereocenters. The summed E-state index contributed by atoms with van der Waals surface area (Å²) < 4.78 is 8.26. The largest absolute Gasteiger partial charge is 0.488 e. The number of hydrogen-bond acceptors (Lipinski definition) is 5. The first-order chi connectivity index (χ1) is 13.3. The number of nitrogens with two attached hydrogens (primary N) is 1. The predicted octanol–water partition coefficient (Wildman–Crippen LogP) is 3.59. The zero-order valence-electron chi connectivity index (χ0n) is 15.0. The Morgan fingerprint density at radius 3 is 2.70 bits per heavy atom. The summed E-state index contributed by atoms with van der Waals surface area (Å²) in [6, 6.07) is 16.3. The highest BCUT2D eigenvalue weighted by atomic mass is 16.5. The van der Waals surface area contributed by atoms with Crippen molar-refractivity contribution < 1.29 is 4.74 Å².